The van der Waals surface area contributed by atoms with Gasteiger partial charge in [0.05, 0.1) is 30.2 Å². The Morgan fingerprint density at radius 2 is 1.81 bits per heavy atom. The molecule has 2 heterocycles. The standard InChI is InChI=1S/C25H27NO5/c1-4-6-9-14-30-19-13-12-16(15-20(19)29-5-2)22-21-23(27)17-10-7-8-11-18(17)31-24(21)25(28)26(22)3/h7-8,10-13,15,22H,4-6,9,14H2,1-3H3. The van der Waals surface area contributed by atoms with Gasteiger partial charge in [-0.15, -0.1) is 0 Å². The summed E-state index contributed by atoms with van der Waals surface area (Å²) in [5, 5.41) is 0.468. The van der Waals surface area contributed by atoms with Crippen molar-refractivity contribution in [3.8, 4) is 11.5 Å². The van der Waals surface area contributed by atoms with Gasteiger partial charge in [0.15, 0.2) is 16.9 Å². The molecule has 0 N–H and O–H groups in total. The monoisotopic (exact) mass is 421 g/mol. The Morgan fingerprint density at radius 1 is 1.00 bits per heavy atom. The van der Waals surface area contributed by atoms with Crippen LogP contribution in [0.15, 0.2) is 51.7 Å². The smallest absolute Gasteiger partial charge is 0.290 e. The van der Waals surface area contributed by atoms with Crippen molar-refractivity contribution in [2.24, 2.45) is 0 Å². The van der Waals surface area contributed by atoms with Gasteiger partial charge in [0.1, 0.15) is 5.58 Å². The molecule has 1 aromatic heterocycles. The molecule has 6 heteroatoms. The van der Waals surface area contributed by atoms with Crippen molar-refractivity contribution in [2.45, 2.75) is 39.2 Å². The highest BCUT2D eigenvalue weighted by atomic mass is 16.5. The summed E-state index contributed by atoms with van der Waals surface area (Å²) >= 11 is 0. The molecule has 0 saturated carbocycles. The Balaban J connectivity index is 1.76. The fraction of sp³-hybridized carbons (Fsp3) is 0.360. The summed E-state index contributed by atoms with van der Waals surface area (Å²) in [5.41, 5.74) is 1.38. The first kappa shape index (κ1) is 21.0. The molecule has 0 fully saturated rings. The van der Waals surface area contributed by atoms with E-state index in [1.807, 2.05) is 25.1 Å². The van der Waals surface area contributed by atoms with Gasteiger partial charge in [0, 0.05) is 7.05 Å². The topological polar surface area (TPSA) is 69.0 Å². The molecule has 1 atom stereocenters. The Morgan fingerprint density at radius 3 is 2.58 bits per heavy atom. The molecule has 0 radical (unpaired) electrons. The number of hydrogen-bond acceptors (Lipinski definition) is 5. The van der Waals surface area contributed by atoms with E-state index in [2.05, 4.69) is 6.92 Å². The van der Waals surface area contributed by atoms with Gasteiger partial charge < -0.3 is 18.8 Å². The lowest BCUT2D eigenvalue weighted by Crippen LogP contribution is -2.25. The number of para-hydroxylation sites is 1. The zero-order valence-electron chi connectivity index (χ0n) is 18.1. The van der Waals surface area contributed by atoms with Crippen molar-refractivity contribution in [3.05, 3.63) is 69.6 Å². The highest BCUT2D eigenvalue weighted by Gasteiger charge is 2.40. The number of amides is 1. The first-order chi connectivity index (χ1) is 15.1. The lowest BCUT2D eigenvalue weighted by atomic mass is 9.98. The fourth-order valence-electron chi connectivity index (χ4n) is 4.04. The van der Waals surface area contributed by atoms with Gasteiger partial charge in [0.25, 0.3) is 5.91 Å². The van der Waals surface area contributed by atoms with Gasteiger partial charge in [-0.2, -0.15) is 0 Å². The van der Waals surface area contributed by atoms with Crippen LogP contribution in [-0.4, -0.2) is 31.1 Å². The summed E-state index contributed by atoms with van der Waals surface area (Å²) in [4.78, 5) is 27.7. The Labute approximate surface area is 181 Å². The quantitative estimate of drug-likeness (QED) is 0.482. The van der Waals surface area contributed by atoms with Crippen LogP contribution in [0.2, 0.25) is 0 Å². The predicted molar refractivity (Wildman–Crippen MR) is 119 cm³/mol. The van der Waals surface area contributed by atoms with E-state index in [4.69, 9.17) is 13.9 Å². The van der Waals surface area contributed by atoms with Crippen LogP contribution in [0.1, 0.15) is 60.8 Å². The van der Waals surface area contributed by atoms with Gasteiger partial charge in [0.2, 0.25) is 5.76 Å². The van der Waals surface area contributed by atoms with Crippen LogP contribution in [0.3, 0.4) is 0 Å². The molecule has 2 aromatic carbocycles. The minimum absolute atomic E-state index is 0.106. The number of fused-ring (bicyclic) bond motifs is 2. The molecule has 162 valence electrons. The summed E-state index contributed by atoms with van der Waals surface area (Å²) in [6.45, 7) is 5.16. The zero-order chi connectivity index (χ0) is 22.0. The molecule has 3 aromatic rings. The Hall–Kier alpha value is -3.28. The zero-order valence-corrected chi connectivity index (χ0v) is 18.1. The maximum atomic E-state index is 13.3. The van der Waals surface area contributed by atoms with E-state index < -0.39 is 6.04 Å². The number of carbonyl (C=O) groups is 1. The van der Waals surface area contributed by atoms with E-state index in [0.29, 0.717) is 41.2 Å². The van der Waals surface area contributed by atoms with Crippen molar-refractivity contribution in [3.63, 3.8) is 0 Å². The normalized spacial score (nSPS) is 15.4. The van der Waals surface area contributed by atoms with E-state index in [-0.39, 0.29) is 17.1 Å². The first-order valence-corrected chi connectivity index (χ1v) is 10.8. The van der Waals surface area contributed by atoms with Crippen LogP contribution in [-0.2, 0) is 0 Å². The number of carbonyl (C=O) groups excluding carboxylic acids is 1. The van der Waals surface area contributed by atoms with Crippen LogP contribution in [0, 0.1) is 0 Å². The van der Waals surface area contributed by atoms with E-state index in [1.54, 1.807) is 36.2 Å². The molecule has 4 rings (SSSR count). The second-order valence-electron chi connectivity index (χ2n) is 7.68. The number of benzene rings is 2. The van der Waals surface area contributed by atoms with E-state index in [0.717, 1.165) is 24.8 Å². The second kappa shape index (κ2) is 8.84. The minimum Gasteiger partial charge on any atom is -0.490 e. The third-order valence-corrected chi connectivity index (χ3v) is 5.60. The number of hydrogen-bond donors (Lipinski definition) is 0. The number of rotatable bonds is 8. The molecule has 31 heavy (non-hydrogen) atoms. The molecule has 1 aliphatic rings. The van der Waals surface area contributed by atoms with Crippen molar-refractivity contribution in [2.75, 3.05) is 20.3 Å². The average Bonchev–Trinajstić information content (AvgIpc) is 3.03. The molecule has 6 nitrogen and oxygen atoms in total. The van der Waals surface area contributed by atoms with Crippen LogP contribution >= 0.6 is 0 Å². The molecule has 0 spiro atoms. The number of nitrogens with zero attached hydrogens (tertiary/aromatic N) is 1. The highest BCUT2D eigenvalue weighted by molar-refractivity contribution is 5.98. The molecule has 0 bridgehead atoms. The SMILES string of the molecule is CCCCCOc1ccc(C2c3c(oc4ccccc4c3=O)C(=O)N2C)cc1OCC. The van der Waals surface area contributed by atoms with Crippen LogP contribution in [0.25, 0.3) is 11.0 Å². The van der Waals surface area contributed by atoms with Crippen LogP contribution in [0.4, 0.5) is 0 Å². The highest BCUT2D eigenvalue weighted by Crippen LogP contribution is 2.40. The van der Waals surface area contributed by atoms with Crippen LogP contribution < -0.4 is 14.9 Å². The molecule has 0 saturated heterocycles. The molecular weight excluding hydrogens is 394 g/mol. The number of unbranched alkanes of at least 4 members (excludes halogenated alkanes) is 2. The third-order valence-electron chi connectivity index (χ3n) is 5.60. The Bertz CT molecular complexity index is 1170. The summed E-state index contributed by atoms with van der Waals surface area (Å²) in [5.74, 6) is 1.07. The summed E-state index contributed by atoms with van der Waals surface area (Å²) in [6.07, 6.45) is 3.21. The van der Waals surface area contributed by atoms with Crippen LogP contribution in [0.5, 0.6) is 11.5 Å². The number of ether oxygens (including phenoxy) is 2. The van der Waals surface area contributed by atoms with Crippen molar-refractivity contribution in [1.29, 1.82) is 0 Å². The molecular formula is C25H27NO5. The fourth-order valence-corrected chi connectivity index (χ4v) is 4.04. The maximum absolute atomic E-state index is 13.3. The van der Waals surface area contributed by atoms with E-state index in [1.165, 1.54) is 0 Å². The maximum Gasteiger partial charge on any atom is 0.290 e. The Kier molecular flexibility index (Phi) is 5.98. The summed E-state index contributed by atoms with van der Waals surface area (Å²) < 4.78 is 17.6. The first-order valence-electron chi connectivity index (χ1n) is 10.8. The minimum atomic E-state index is -0.545. The predicted octanol–water partition coefficient (Wildman–Crippen LogP) is 4.94. The summed E-state index contributed by atoms with van der Waals surface area (Å²) in [6, 6.07) is 12.1. The van der Waals surface area contributed by atoms with Gasteiger partial charge in [-0.3, -0.25) is 9.59 Å². The largest absolute Gasteiger partial charge is 0.490 e. The van der Waals surface area contributed by atoms with E-state index in [9.17, 15) is 9.59 Å². The lowest BCUT2D eigenvalue weighted by molar-refractivity contribution is 0.0771. The lowest BCUT2D eigenvalue weighted by Gasteiger charge is -2.22. The molecule has 1 amide bonds. The van der Waals surface area contributed by atoms with Gasteiger partial charge >= 0.3 is 0 Å². The van der Waals surface area contributed by atoms with Gasteiger partial charge in [-0.25, -0.2) is 0 Å². The van der Waals surface area contributed by atoms with Crippen molar-refractivity contribution >= 4 is 16.9 Å². The van der Waals surface area contributed by atoms with E-state index >= 15 is 0 Å². The molecule has 1 unspecified atom stereocenters. The second-order valence-corrected chi connectivity index (χ2v) is 7.68. The molecule has 0 aliphatic carbocycles. The van der Waals surface area contributed by atoms with Gasteiger partial charge in [-0.05, 0) is 43.2 Å². The van der Waals surface area contributed by atoms with Gasteiger partial charge in [-0.1, -0.05) is 38.0 Å². The average molecular weight is 421 g/mol. The molecule has 1 aliphatic heterocycles. The van der Waals surface area contributed by atoms with Crippen molar-refractivity contribution < 1.29 is 18.7 Å². The third kappa shape index (κ3) is 3.78. The van der Waals surface area contributed by atoms with Crippen molar-refractivity contribution in [1.82, 2.24) is 4.90 Å². The summed E-state index contributed by atoms with van der Waals surface area (Å²) in [7, 11) is 1.68.